The number of furan rings is 1. The van der Waals surface area contributed by atoms with Gasteiger partial charge >= 0.3 is 0 Å². The Balaban J connectivity index is 1.66. The van der Waals surface area contributed by atoms with Crippen LogP contribution in [0.1, 0.15) is 10.4 Å². The molecule has 0 bridgehead atoms. The van der Waals surface area contributed by atoms with Crippen LogP contribution in [0.25, 0.3) is 22.5 Å². The number of carbonyl (C=O) groups excluding carboxylic acids is 1. The average molecular weight is 376 g/mol. The molecule has 2 aromatic carbocycles. The molecule has 0 radical (unpaired) electrons. The highest BCUT2D eigenvalue weighted by Crippen LogP contribution is 2.29. The monoisotopic (exact) mass is 376 g/mol. The Morgan fingerprint density at radius 1 is 1.04 bits per heavy atom. The number of fused-ring (bicyclic) bond motifs is 1. The highest BCUT2D eigenvalue weighted by atomic mass is 32.2. The summed E-state index contributed by atoms with van der Waals surface area (Å²) in [4.78, 5) is 21.9. The van der Waals surface area contributed by atoms with E-state index in [0.29, 0.717) is 22.9 Å². The Kier molecular flexibility index (Phi) is 4.89. The fourth-order valence-electron chi connectivity index (χ4n) is 2.76. The van der Waals surface area contributed by atoms with Crippen molar-refractivity contribution >= 4 is 28.4 Å². The summed E-state index contributed by atoms with van der Waals surface area (Å²) in [5.74, 6) is 1.91. The van der Waals surface area contributed by atoms with Crippen molar-refractivity contribution in [2.75, 3.05) is 12.9 Å². The number of para-hydroxylation sites is 2. The van der Waals surface area contributed by atoms with Crippen LogP contribution in [-0.4, -0.2) is 28.6 Å². The number of methoxy groups -OCH3 is 1. The number of rotatable bonds is 6. The van der Waals surface area contributed by atoms with Gasteiger partial charge in [-0.1, -0.05) is 42.1 Å². The van der Waals surface area contributed by atoms with E-state index in [4.69, 9.17) is 9.15 Å². The Bertz CT molecular complexity index is 1090. The number of benzene rings is 2. The van der Waals surface area contributed by atoms with Crippen molar-refractivity contribution in [2.24, 2.45) is 0 Å². The highest BCUT2D eigenvalue weighted by Gasteiger charge is 2.15. The Labute approximate surface area is 160 Å². The van der Waals surface area contributed by atoms with Gasteiger partial charge in [0.2, 0.25) is 0 Å². The molecule has 4 aromatic rings. The molecular formula is C21H16N2O3S. The minimum absolute atomic E-state index is 0.0142. The second-order valence-electron chi connectivity index (χ2n) is 5.76. The molecule has 4 rings (SSSR count). The van der Waals surface area contributed by atoms with Crippen LogP contribution >= 0.6 is 11.8 Å². The van der Waals surface area contributed by atoms with Gasteiger partial charge in [0.15, 0.2) is 17.4 Å². The van der Waals surface area contributed by atoms with Crippen LogP contribution in [0.3, 0.4) is 0 Å². The molecule has 0 atom stereocenters. The first-order valence-corrected chi connectivity index (χ1v) is 9.34. The van der Waals surface area contributed by atoms with Crippen LogP contribution in [-0.2, 0) is 0 Å². The molecule has 2 heterocycles. The predicted octanol–water partition coefficient (Wildman–Crippen LogP) is 4.87. The summed E-state index contributed by atoms with van der Waals surface area (Å²) in [5, 5.41) is 1.65. The molecule has 0 saturated carbocycles. The summed E-state index contributed by atoms with van der Waals surface area (Å²) in [6.45, 7) is 0. The van der Waals surface area contributed by atoms with Gasteiger partial charge in [-0.2, -0.15) is 0 Å². The third-order valence-corrected chi connectivity index (χ3v) is 5.05. The standard InChI is InChI=1S/C21H16N2O3S/c1-25-18-10-5-3-8-15(18)17(24)13-27-21-14-7-2-4-9-16(14)22-20(23-21)19-11-6-12-26-19/h2-12H,13H2,1H3. The van der Waals surface area contributed by atoms with Crippen LogP contribution < -0.4 is 4.74 Å². The van der Waals surface area contributed by atoms with E-state index in [1.807, 2.05) is 42.5 Å². The van der Waals surface area contributed by atoms with E-state index in [1.165, 1.54) is 11.8 Å². The zero-order chi connectivity index (χ0) is 18.6. The minimum Gasteiger partial charge on any atom is -0.496 e. The van der Waals surface area contributed by atoms with Crippen LogP contribution in [0.5, 0.6) is 5.75 Å². The zero-order valence-corrected chi connectivity index (χ0v) is 15.4. The van der Waals surface area contributed by atoms with Crippen molar-refractivity contribution in [3.63, 3.8) is 0 Å². The molecule has 0 aliphatic carbocycles. The first-order chi connectivity index (χ1) is 13.3. The topological polar surface area (TPSA) is 65.2 Å². The van der Waals surface area contributed by atoms with Gasteiger partial charge in [0.25, 0.3) is 0 Å². The maximum absolute atomic E-state index is 12.7. The zero-order valence-electron chi connectivity index (χ0n) is 14.6. The molecule has 0 N–H and O–H groups in total. The van der Waals surface area contributed by atoms with Gasteiger partial charge in [0, 0.05) is 5.39 Å². The summed E-state index contributed by atoms with van der Waals surface area (Å²) in [7, 11) is 1.56. The number of hydrogen-bond acceptors (Lipinski definition) is 6. The fraction of sp³-hybridized carbons (Fsp3) is 0.0952. The van der Waals surface area contributed by atoms with E-state index in [1.54, 1.807) is 31.6 Å². The van der Waals surface area contributed by atoms with E-state index in [-0.39, 0.29) is 11.5 Å². The predicted molar refractivity (Wildman–Crippen MR) is 105 cm³/mol. The molecule has 5 nitrogen and oxygen atoms in total. The van der Waals surface area contributed by atoms with Crippen LogP contribution in [0.15, 0.2) is 76.4 Å². The number of nitrogens with zero attached hydrogens (tertiary/aromatic N) is 2. The minimum atomic E-state index is -0.0142. The molecule has 0 aliphatic heterocycles. The summed E-state index contributed by atoms with van der Waals surface area (Å²) in [6, 6.07) is 18.6. The third-order valence-electron chi connectivity index (χ3n) is 4.06. The lowest BCUT2D eigenvalue weighted by Gasteiger charge is -2.09. The SMILES string of the molecule is COc1ccccc1C(=O)CSc1nc(-c2ccco2)nc2ccccc12. The number of Topliss-reactive ketones (excluding diaryl/α,β-unsaturated/α-hetero) is 1. The first kappa shape index (κ1) is 17.3. The maximum Gasteiger partial charge on any atom is 0.197 e. The van der Waals surface area contributed by atoms with Crippen LogP contribution in [0, 0.1) is 0 Å². The van der Waals surface area contributed by atoms with Gasteiger partial charge in [0.1, 0.15) is 10.8 Å². The molecule has 0 aliphatic rings. The average Bonchev–Trinajstić information content (AvgIpc) is 3.26. The molecule has 6 heteroatoms. The van der Waals surface area contributed by atoms with Crippen LogP contribution in [0.2, 0.25) is 0 Å². The van der Waals surface area contributed by atoms with Gasteiger partial charge in [-0.15, -0.1) is 0 Å². The molecule has 27 heavy (non-hydrogen) atoms. The number of carbonyl (C=O) groups is 1. The Hall–Kier alpha value is -3.12. The van der Waals surface area contributed by atoms with Crippen molar-refractivity contribution in [1.29, 1.82) is 0 Å². The molecule has 0 fully saturated rings. The van der Waals surface area contributed by atoms with Crippen LogP contribution in [0.4, 0.5) is 0 Å². The number of ether oxygens (including phenoxy) is 1. The number of hydrogen-bond donors (Lipinski definition) is 0. The summed E-state index contributed by atoms with van der Waals surface area (Å²) in [5.41, 5.74) is 1.38. The first-order valence-electron chi connectivity index (χ1n) is 8.36. The smallest absolute Gasteiger partial charge is 0.197 e. The normalized spacial score (nSPS) is 10.9. The molecule has 0 amide bonds. The summed E-state index contributed by atoms with van der Waals surface area (Å²) < 4.78 is 10.7. The summed E-state index contributed by atoms with van der Waals surface area (Å²) >= 11 is 1.39. The second-order valence-corrected chi connectivity index (χ2v) is 6.72. The van der Waals surface area contributed by atoms with E-state index < -0.39 is 0 Å². The fourth-order valence-corrected chi connectivity index (χ4v) is 3.66. The van der Waals surface area contributed by atoms with Crippen molar-refractivity contribution in [3.05, 3.63) is 72.5 Å². The van der Waals surface area contributed by atoms with E-state index >= 15 is 0 Å². The van der Waals surface area contributed by atoms with Crippen molar-refractivity contribution in [3.8, 4) is 17.3 Å². The lowest BCUT2D eigenvalue weighted by atomic mass is 10.1. The maximum atomic E-state index is 12.7. The molecule has 2 aromatic heterocycles. The van der Waals surface area contributed by atoms with Crippen molar-refractivity contribution in [2.45, 2.75) is 5.03 Å². The van der Waals surface area contributed by atoms with Crippen molar-refractivity contribution in [1.82, 2.24) is 9.97 Å². The quantitative estimate of drug-likeness (QED) is 0.272. The largest absolute Gasteiger partial charge is 0.496 e. The highest BCUT2D eigenvalue weighted by molar-refractivity contribution is 8.00. The Morgan fingerprint density at radius 3 is 2.67 bits per heavy atom. The van der Waals surface area contributed by atoms with Crippen molar-refractivity contribution < 1.29 is 13.9 Å². The lowest BCUT2D eigenvalue weighted by Crippen LogP contribution is -2.05. The molecule has 134 valence electrons. The lowest BCUT2D eigenvalue weighted by molar-refractivity contribution is 0.101. The van der Waals surface area contributed by atoms with E-state index in [0.717, 1.165) is 15.9 Å². The van der Waals surface area contributed by atoms with E-state index in [2.05, 4.69) is 9.97 Å². The van der Waals surface area contributed by atoms with Gasteiger partial charge < -0.3 is 9.15 Å². The van der Waals surface area contributed by atoms with Gasteiger partial charge in [-0.25, -0.2) is 9.97 Å². The Morgan fingerprint density at radius 2 is 1.85 bits per heavy atom. The molecular weight excluding hydrogens is 360 g/mol. The number of aromatic nitrogens is 2. The van der Waals surface area contributed by atoms with E-state index in [9.17, 15) is 4.79 Å². The van der Waals surface area contributed by atoms with Gasteiger partial charge in [-0.3, -0.25) is 4.79 Å². The number of ketones is 1. The van der Waals surface area contributed by atoms with Gasteiger partial charge in [-0.05, 0) is 30.3 Å². The summed E-state index contributed by atoms with van der Waals surface area (Å²) in [6.07, 6.45) is 1.59. The molecule has 0 unspecified atom stereocenters. The number of thioether (sulfide) groups is 1. The molecule has 0 spiro atoms. The van der Waals surface area contributed by atoms with Gasteiger partial charge in [0.05, 0.1) is 30.2 Å². The molecule has 0 saturated heterocycles. The second kappa shape index (κ2) is 7.63. The third kappa shape index (κ3) is 3.57.